The van der Waals surface area contributed by atoms with Crippen LogP contribution < -0.4 is 0 Å². The Labute approximate surface area is 136 Å². The van der Waals surface area contributed by atoms with Crippen LogP contribution in [0.3, 0.4) is 0 Å². The third kappa shape index (κ3) is 3.04. The van der Waals surface area contributed by atoms with Crippen LogP contribution in [0, 0.1) is 11.8 Å². The van der Waals surface area contributed by atoms with Crippen molar-refractivity contribution < 1.29 is 62.2 Å². The summed E-state index contributed by atoms with van der Waals surface area (Å²) in [5.74, 6) is -25.5. The summed E-state index contributed by atoms with van der Waals surface area (Å²) in [4.78, 5) is 0. The fraction of sp³-hybridized carbons (Fsp3) is 0.833. The Balaban J connectivity index is 2.28. The van der Waals surface area contributed by atoms with Crippen molar-refractivity contribution in [3.05, 3.63) is 12.2 Å². The van der Waals surface area contributed by atoms with Gasteiger partial charge in [0.1, 0.15) is 6.61 Å². The maximum atomic E-state index is 14.7. The highest BCUT2D eigenvalue weighted by Gasteiger charge is 2.77. The molecule has 0 spiro atoms. The summed E-state index contributed by atoms with van der Waals surface area (Å²) < 4.78 is 161. The van der Waals surface area contributed by atoms with Crippen molar-refractivity contribution in [2.75, 3.05) is 6.61 Å². The molecule has 152 valence electrons. The van der Waals surface area contributed by atoms with Gasteiger partial charge in [-0.25, -0.2) is 13.5 Å². The van der Waals surface area contributed by atoms with Gasteiger partial charge in [0.25, 0.3) is 11.7 Å². The van der Waals surface area contributed by atoms with E-state index in [2.05, 4.69) is 9.47 Å². The number of alkyl halides is 12. The lowest BCUT2D eigenvalue weighted by Crippen LogP contribution is -2.60. The molecule has 0 N–H and O–H groups in total. The lowest BCUT2D eigenvalue weighted by Gasteiger charge is -2.40. The number of halogens is 12. The van der Waals surface area contributed by atoms with Gasteiger partial charge in [-0.1, -0.05) is 12.2 Å². The summed E-state index contributed by atoms with van der Waals surface area (Å²) in [5.41, 5.74) is 0. The molecule has 1 fully saturated rings. The molecule has 2 aliphatic carbocycles. The predicted octanol–water partition coefficient (Wildman–Crippen LogP) is 4.91. The first-order valence-electron chi connectivity index (χ1n) is 6.67. The molecule has 0 heterocycles. The van der Waals surface area contributed by atoms with Crippen LogP contribution in [0.25, 0.3) is 0 Å². The van der Waals surface area contributed by atoms with E-state index in [-0.39, 0.29) is 0 Å². The molecule has 0 radical (unpaired) electrons. The molecular weight excluding hydrogens is 404 g/mol. The standard InChI is InChI=1S/C12H8F12O2/c13-7(14,10(17,18)11(19,20)21)4-25-8(15)5-1-2-6(3-5)9(8,16)26-12(22,23)24/h1-2,5-6H,3-4H2. The van der Waals surface area contributed by atoms with Crippen LogP contribution in [0.4, 0.5) is 52.7 Å². The second kappa shape index (κ2) is 5.66. The van der Waals surface area contributed by atoms with Gasteiger partial charge in [-0.3, -0.25) is 0 Å². The van der Waals surface area contributed by atoms with Gasteiger partial charge in [-0.15, -0.1) is 13.2 Å². The van der Waals surface area contributed by atoms with Crippen molar-refractivity contribution in [1.29, 1.82) is 0 Å². The molecule has 4 atom stereocenters. The minimum absolute atomic E-state index is 0.722. The van der Waals surface area contributed by atoms with E-state index in [1.54, 1.807) is 0 Å². The van der Waals surface area contributed by atoms with E-state index < -0.39 is 61.0 Å². The van der Waals surface area contributed by atoms with E-state index in [0.717, 1.165) is 12.2 Å². The average molecular weight is 412 g/mol. The van der Waals surface area contributed by atoms with Crippen LogP contribution in [0.2, 0.25) is 0 Å². The zero-order valence-electron chi connectivity index (χ0n) is 12.1. The lowest BCUT2D eigenvalue weighted by molar-refractivity contribution is -0.451. The van der Waals surface area contributed by atoms with Gasteiger partial charge in [0.05, 0.1) is 0 Å². The minimum Gasteiger partial charge on any atom is -0.334 e. The highest BCUT2D eigenvalue weighted by atomic mass is 19.4. The van der Waals surface area contributed by atoms with Crippen molar-refractivity contribution in [3.8, 4) is 0 Å². The Morgan fingerprint density at radius 1 is 0.808 bits per heavy atom. The molecule has 0 aromatic heterocycles. The Kier molecular flexibility index (Phi) is 4.60. The van der Waals surface area contributed by atoms with Gasteiger partial charge in [0.15, 0.2) is 0 Å². The molecule has 2 bridgehead atoms. The highest BCUT2D eigenvalue weighted by molar-refractivity contribution is 5.22. The normalized spacial score (nSPS) is 35.4. The van der Waals surface area contributed by atoms with Crippen molar-refractivity contribution in [2.24, 2.45) is 11.8 Å². The van der Waals surface area contributed by atoms with Crippen molar-refractivity contribution >= 4 is 0 Å². The molecule has 0 aromatic carbocycles. The lowest BCUT2D eigenvalue weighted by atomic mass is 9.95. The Morgan fingerprint density at radius 3 is 1.69 bits per heavy atom. The van der Waals surface area contributed by atoms with Crippen LogP contribution in [0.5, 0.6) is 0 Å². The summed E-state index contributed by atoms with van der Waals surface area (Å²) in [5, 5.41) is 0. The molecule has 2 nitrogen and oxygen atoms in total. The zero-order valence-corrected chi connectivity index (χ0v) is 12.1. The van der Waals surface area contributed by atoms with Crippen LogP contribution in [-0.4, -0.2) is 42.7 Å². The molecule has 2 rings (SSSR count). The fourth-order valence-corrected chi connectivity index (χ4v) is 2.77. The summed E-state index contributed by atoms with van der Waals surface area (Å²) in [6, 6.07) is 0. The number of fused-ring (bicyclic) bond motifs is 2. The smallest absolute Gasteiger partial charge is 0.334 e. The Morgan fingerprint density at radius 2 is 1.27 bits per heavy atom. The maximum Gasteiger partial charge on any atom is 0.525 e. The number of hydrogen-bond acceptors (Lipinski definition) is 2. The quantitative estimate of drug-likeness (QED) is 0.472. The van der Waals surface area contributed by atoms with Crippen LogP contribution >= 0.6 is 0 Å². The first kappa shape index (κ1) is 21.1. The van der Waals surface area contributed by atoms with Gasteiger partial charge in [-0.2, -0.15) is 30.7 Å². The summed E-state index contributed by atoms with van der Waals surface area (Å²) >= 11 is 0. The monoisotopic (exact) mass is 412 g/mol. The molecule has 0 amide bonds. The van der Waals surface area contributed by atoms with E-state index in [4.69, 9.17) is 0 Å². The second-order valence-corrected chi connectivity index (χ2v) is 5.74. The van der Waals surface area contributed by atoms with E-state index in [1.807, 2.05) is 0 Å². The molecule has 0 aromatic rings. The molecule has 2 aliphatic rings. The van der Waals surface area contributed by atoms with Crippen LogP contribution in [0.1, 0.15) is 6.42 Å². The van der Waals surface area contributed by atoms with Gasteiger partial charge < -0.3 is 4.74 Å². The third-order valence-corrected chi connectivity index (χ3v) is 4.05. The first-order valence-corrected chi connectivity index (χ1v) is 6.67. The van der Waals surface area contributed by atoms with Gasteiger partial charge in [0, 0.05) is 11.8 Å². The summed E-state index contributed by atoms with van der Waals surface area (Å²) in [6.07, 6.45) is -11.9. The van der Waals surface area contributed by atoms with E-state index in [9.17, 15) is 52.7 Å². The second-order valence-electron chi connectivity index (χ2n) is 5.74. The van der Waals surface area contributed by atoms with Crippen LogP contribution in [0.15, 0.2) is 12.2 Å². The van der Waals surface area contributed by atoms with E-state index in [1.165, 1.54) is 0 Å². The van der Waals surface area contributed by atoms with Gasteiger partial charge >= 0.3 is 24.4 Å². The number of rotatable bonds is 5. The van der Waals surface area contributed by atoms with Gasteiger partial charge in [-0.05, 0) is 6.42 Å². The maximum absolute atomic E-state index is 14.7. The topological polar surface area (TPSA) is 18.5 Å². The largest absolute Gasteiger partial charge is 0.525 e. The molecule has 26 heavy (non-hydrogen) atoms. The SMILES string of the molecule is FC(F)(F)OC1(F)C2C=CC(C2)C1(F)OCC(F)(F)C(F)(F)C(F)(F)F. The first-order chi connectivity index (χ1) is 11.4. The summed E-state index contributed by atoms with van der Waals surface area (Å²) in [6.45, 7) is -3.04. The summed E-state index contributed by atoms with van der Waals surface area (Å²) in [7, 11) is 0. The highest BCUT2D eigenvalue weighted by Crippen LogP contribution is 2.60. The van der Waals surface area contributed by atoms with Crippen molar-refractivity contribution in [2.45, 2.75) is 42.5 Å². The molecule has 0 saturated heterocycles. The number of hydrogen-bond donors (Lipinski definition) is 0. The Hall–Kier alpha value is -1.18. The number of ether oxygens (including phenoxy) is 2. The minimum atomic E-state index is -6.77. The molecule has 4 unspecified atom stereocenters. The fourth-order valence-electron chi connectivity index (χ4n) is 2.77. The zero-order chi connectivity index (χ0) is 20.4. The predicted molar refractivity (Wildman–Crippen MR) is 57.5 cm³/mol. The van der Waals surface area contributed by atoms with E-state index in [0.29, 0.717) is 0 Å². The van der Waals surface area contributed by atoms with Gasteiger partial charge in [0.2, 0.25) is 0 Å². The average Bonchev–Trinajstić information content (AvgIpc) is 2.97. The molecular formula is C12H8F12O2. The van der Waals surface area contributed by atoms with Crippen LogP contribution in [-0.2, 0) is 9.47 Å². The molecule has 14 heteroatoms. The third-order valence-electron chi connectivity index (χ3n) is 4.05. The van der Waals surface area contributed by atoms with Crippen molar-refractivity contribution in [1.82, 2.24) is 0 Å². The molecule has 0 aliphatic heterocycles. The van der Waals surface area contributed by atoms with E-state index >= 15 is 0 Å². The Bertz CT molecular complexity index is 582. The van der Waals surface area contributed by atoms with Crippen molar-refractivity contribution in [3.63, 3.8) is 0 Å². The molecule has 1 saturated carbocycles.